The van der Waals surface area contributed by atoms with Crippen LogP contribution in [-0.2, 0) is 4.79 Å². The Morgan fingerprint density at radius 2 is 1.80 bits per heavy atom. The van der Waals surface area contributed by atoms with Crippen LogP contribution in [0.2, 0.25) is 0 Å². The van der Waals surface area contributed by atoms with Gasteiger partial charge in [0.2, 0.25) is 5.91 Å². The largest absolute Gasteiger partial charge is 0.394 e. The van der Waals surface area contributed by atoms with Crippen LogP contribution in [0.1, 0.15) is 43.5 Å². The van der Waals surface area contributed by atoms with Crippen molar-refractivity contribution in [2.45, 2.75) is 38.6 Å². The van der Waals surface area contributed by atoms with Crippen molar-refractivity contribution in [1.29, 1.82) is 0 Å². The summed E-state index contributed by atoms with van der Waals surface area (Å²) in [6.07, 6.45) is 2.37. The van der Waals surface area contributed by atoms with E-state index in [1.807, 2.05) is 6.92 Å². The first kappa shape index (κ1) is 17.9. The topological polar surface area (TPSA) is 60.9 Å². The van der Waals surface area contributed by atoms with Gasteiger partial charge in [-0.15, -0.1) is 0 Å². The highest BCUT2D eigenvalue weighted by atomic mass is 19.1. The summed E-state index contributed by atoms with van der Waals surface area (Å²) in [5.74, 6) is -0.452. The Kier molecular flexibility index (Phi) is 4.58. The fourth-order valence-corrected chi connectivity index (χ4v) is 4.41. The normalized spacial score (nSPS) is 25.4. The zero-order valence-corrected chi connectivity index (χ0v) is 14.8. The minimum Gasteiger partial charge on any atom is -0.394 e. The molecule has 0 aliphatic carbocycles. The summed E-state index contributed by atoms with van der Waals surface area (Å²) < 4.78 is 13.0. The fourth-order valence-electron chi connectivity index (χ4n) is 4.41. The van der Waals surface area contributed by atoms with E-state index in [1.165, 1.54) is 24.3 Å². The summed E-state index contributed by atoms with van der Waals surface area (Å²) in [6.45, 7) is 5.29. The Hall–Kier alpha value is -1.95. The van der Waals surface area contributed by atoms with Crippen LogP contribution in [0.3, 0.4) is 0 Å². The lowest BCUT2D eigenvalue weighted by atomic mass is 9.74. The van der Waals surface area contributed by atoms with Crippen LogP contribution in [-0.4, -0.2) is 58.5 Å². The van der Waals surface area contributed by atoms with Gasteiger partial charge in [0.15, 0.2) is 0 Å². The second kappa shape index (κ2) is 6.41. The molecule has 0 bridgehead atoms. The summed E-state index contributed by atoms with van der Waals surface area (Å²) in [7, 11) is 0. The SMILES string of the molecule is CC(=O)N1CC2(CCN(C(=O)c3ccc(F)cc3)CC2)C[C@]1(C)CO. The van der Waals surface area contributed by atoms with Gasteiger partial charge in [0.25, 0.3) is 5.91 Å². The lowest BCUT2D eigenvalue weighted by molar-refractivity contribution is -0.134. The first-order valence-corrected chi connectivity index (χ1v) is 8.73. The highest BCUT2D eigenvalue weighted by Gasteiger charge is 2.52. The zero-order chi connectivity index (χ0) is 18.2. The minimum atomic E-state index is -0.519. The molecule has 1 spiro atoms. The third kappa shape index (κ3) is 3.27. The molecule has 1 aromatic carbocycles. The number of nitrogens with zero attached hydrogens (tertiary/aromatic N) is 2. The number of aliphatic hydroxyl groups is 1. The van der Waals surface area contributed by atoms with E-state index < -0.39 is 5.54 Å². The van der Waals surface area contributed by atoms with Crippen molar-refractivity contribution >= 4 is 11.8 Å². The molecule has 0 aromatic heterocycles. The number of amides is 2. The van der Waals surface area contributed by atoms with Gasteiger partial charge in [-0.25, -0.2) is 4.39 Å². The van der Waals surface area contributed by atoms with Crippen LogP contribution >= 0.6 is 0 Å². The van der Waals surface area contributed by atoms with Gasteiger partial charge in [-0.3, -0.25) is 9.59 Å². The van der Waals surface area contributed by atoms with Crippen LogP contribution in [0.15, 0.2) is 24.3 Å². The van der Waals surface area contributed by atoms with Crippen molar-refractivity contribution in [2.24, 2.45) is 5.41 Å². The Morgan fingerprint density at radius 3 is 2.28 bits per heavy atom. The molecule has 0 saturated carbocycles. The van der Waals surface area contributed by atoms with Gasteiger partial charge in [0, 0.05) is 32.1 Å². The number of hydrogen-bond acceptors (Lipinski definition) is 3. The number of rotatable bonds is 2. The Labute approximate surface area is 147 Å². The van der Waals surface area contributed by atoms with Crippen LogP contribution in [0.4, 0.5) is 4.39 Å². The number of carbonyl (C=O) groups is 2. The van der Waals surface area contributed by atoms with Crippen LogP contribution < -0.4 is 0 Å². The van der Waals surface area contributed by atoms with Crippen LogP contribution in [0, 0.1) is 11.2 Å². The van der Waals surface area contributed by atoms with Crippen molar-refractivity contribution in [2.75, 3.05) is 26.2 Å². The molecule has 5 nitrogen and oxygen atoms in total. The minimum absolute atomic E-state index is 0.0155. The van der Waals surface area contributed by atoms with E-state index in [9.17, 15) is 19.1 Å². The van der Waals surface area contributed by atoms with E-state index >= 15 is 0 Å². The van der Waals surface area contributed by atoms with Crippen molar-refractivity contribution < 1.29 is 19.1 Å². The molecular weight excluding hydrogens is 323 g/mol. The maximum atomic E-state index is 13.0. The van der Waals surface area contributed by atoms with Crippen molar-refractivity contribution in [1.82, 2.24) is 9.80 Å². The lowest BCUT2D eigenvalue weighted by Gasteiger charge is -2.39. The summed E-state index contributed by atoms with van der Waals surface area (Å²) >= 11 is 0. The van der Waals surface area contributed by atoms with E-state index in [0.717, 1.165) is 19.3 Å². The number of likely N-dealkylation sites (tertiary alicyclic amines) is 2. The molecule has 1 aromatic rings. The second-order valence-corrected chi connectivity index (χ2v) is 7.74. The molecule has 2 amide bonds. The number of carbonyl (C=O) groups excluding carboxylic acids is 2. The smallest absolute Gasteiger partial charge is 0.253 e. The molecule has 2 heterocycles. The molecule has 0 unspecified atom stereocenters. The van der Waals surface area contributed by atoms with Crippen molar-refractivity contribution in [3.8, 4) is 0 Å². The first-order valence-electron chi connectivity index (χ1n) is 8.73. The average Bonchev–Trinajstić information content (AvgIpc) is 2.89. The van der Waals surface area contributed by atoms with Gasteiger partial charge in [-0.2, -0.15) is 0 Å². The van der Waals surface area contributed by atoms with Crippen molar-refractivity contribution in [3.63, 3.8) is 0 Å². The maximum absolute atomic E-state index is 13.0. The van der Waals surface area contributed by atoms with Gasteiger partial charge in [-0.05, 0) is 55.9 Å². The number of benzene rings is 1. The monoisotopic (exact) mass is 348 g/mol. The Morgan fingerprint density at radius 1 is 1.20 bits per heavy atom. The van der Waals surface area contributed by atoms with Gasteiger partial charge in [-0.1, -0.05) is 0 Å². The third-order valence-corrected chi connectivity index (χ3v) is 5.82. The highest BCUT2D eigenvalue weighted by molar-refractivity contribution is 5.94. The molecule has 2 aliphatic heterocycles. The van der Waals surface area contributed by atoms with Crippen LogP contribution in [0.5, 0.6) is 0 Å². The van der Waals surface area contributed by atoms with Gasteiger partial charge in [0.1, 0.15) is 5.82 Å². The van der Waals surface area contributed by atoms with E-state index in [-0.39, 0.29) is 29.7 Å². The summed E-state index contributed by atoms with van der Waals surface area (Å²) in [5, 5.41) is 9.78. The molecule has 3 rings (SSSR count). The van der Waals surface area contributed by atoms with E-state index in [1.54, 1.807) is 16.7 Å². The summed E-state index contributed by atoms with van der Waals surface area (Å²) in [6, 6.07) is 5.62. The zero-order valence-electron chi connectivity index (χ0n) is 14.8. The molecule has 2 aliphatic rings. The average molecular weight is 348 g/mol. The van der Waals surface area contributed by atoms with E-state index in [4.69, 9.17) is 0 Å². The van der Waals surface area contributed by atoms with Gasteiger partial charge >= 0.3 is 0 Å². The maximum Gasteiger partial charge on any atom is 0.253 e. The van der Waals surface area contributed by atoms with Crippen molar-refractivity contribution in [3.05, 3.63) is 35.6 Å². The quantitative estimate of drug-likeness (QED) is 0.890. The van der Waals surface area contributed by atoms with E-state index in [0.29, 0.717) is 25.2 Å². The molecule has 2 saturated heterocycles. The molecular formula is C19H25FN2O3. The summed E-state index contributed by atoms with van der Waals surface area (Å²) in [4.78, 5) is 28.1. The fraction of sp³-hybridized carbons (Fsp3) is 0.579. The van der Waals surface area contributed by atoms with E-state index in [2.05, 4.69) is 0 Å². The number of hydrogen-bond donors (Lipinski definition) is 1. The standard InChI is InChI=1S/C19H25FN2O3/c1-14(24)22-12-19(11-18(22,2)13-23)7-9-21(10-8-19)17(25)15-3-5-16(20)6-4-15/h3-6,23H,7-13H2,1-2H3/t18-/m1/s1. The Balaban J connectivity index is 1.68. The molecule has 136 valence electrons. The second-order valence-electron chi connectivity index (χ2n) is 7.74. The third-order valence-electron chi connectivity index (χ3n) is 5.82. The van der Waals surface area contributed by atoms with Gasteiger partial charge in [0.05, 0.1) is 12.1 Å². The summed E-state index contributed by atoms with van der Waals surface area (Å²) in [5.41, 5.74) is -0.0631. The number of halogens is 1. The molecule has 1 N–H and O–H groups in total. The predicted octanol–water partition coefficient (Wildman–Crippen LogP) is 2.05. The molecule has 6 heteroatoms. The molecule has 1 atom stereocenters. The number of aliphatic hydroxyl groups excluding tert-OH is 1. The molecule has 2 fully saturated rings. The lowest BCUT2D eigenvalue weighted by Crippen LogP contribution is -2.46. The van der Waals surface area contributed by atoms with Crippen LogP contribution in [0.25, 0.3) is 0 Å². The highest BCUT2D eigenvalue weighted by Crippen LogP contribution is 2.48. The first-order chi connectivity index (χ1) is 11.8. The Bertz CT molecular complexity index is 668. The predicted molar refractivity (Wildman–Crippen MR) is 91.5 cm³/mol. The van der Waals surface area contributed by atoms with Gasteiger partial charge < -0.3 is 14.9 Å². The molecule has 25 heavy (non-hydrogen) atoms. The number of piperidine rings is 1. The molecule has 0 radical (unpaired) electrons.